The summed E-state index contributed by atoms with van der Waals surface area (Å²) in [5.74, 6) is -1.37. The molecule has 0 saturated carbocycles. The maximum Gasteiger partial charge on any atom is 0.331 e. The number of thiazole rings is 1. The molecule has 0 aliphatic heterocycles. The van der Waals surface area contributed by atoms with Crippen LogP contribution in [0.2, 0.25) is 10.0 Å². The van der Waals surface area contributed by atoms with Crippen LogP contribution < -0.4 is 0 Å². The Kier molecular flexibility index (Phi) is 8.86. The Bertz CT molecular complexity index is 1020. The highest BCUT2D eigenvalue weighted by atomic mass is 35.5. The molecule has 0 unspecified atom stereocenters. The maximum absolute atomic E-state index is 14.3. The van der Waals surface area contributed by atoms with Crippen molar-refractivity contribution in [1.82, 2.24) is 4.98 Å². The van der Waals surface area contributed by atoms with Crippen molar-refractivity contribution in [3.05, 3.63) is 87.6 Å². The minimum absolute atomic E-state index is 0.315. The van der Waals surface area contributed by atoms with E-state index in [1.54, 1.807) is 17.5 Å². The second-order valence-electron chi connectivity index (χ2n) is 5.45. The fraction of sp³-hybridized carbons (Fsp3) is 0.0476. The molecule has 0 amide bonds. The smallest absolute Gasteiger partial charge is 0.331 e. The summed E-state index contributed by atoms with van der Waals surface area (Å²) in [5.41, 5.74) is 1.93. The molecule has 0 saturated heterocycles. The number of ether oxygens (including phenoxy) is 1. The number of hydrogen-bond acceptors (Lipinski definition) is 4. The molecule has 0 aliphatic carbocycles. The van der Waals surface area contributed by atoms with Crippen molar-refractivity contribution in [2.75, 3.05) is 7.11 Å². The normalized spacial score (nSPS) is 11.1. The van der Waals surface area contributed by atoms with Crippen LogP contribution in [0.25, 0.3) is 22.5 Å². The molecule has 3 aromatic rings. The molecule has 1 aromatic heterocycles. The van der Waals surface area contributed by atoms with E-state index in [9.17, 15) is 9.18 Å². The van der Waals surface area contributed by atoms with Gasteiger partial charge in [-0.25, -0.2) is 14.2 Å². The Morgan fingerprint density at radius 1 is 1.17 bits per heavy atom. The molecule has 1 heterocycles. The predicted octanol–water partition coefficient (Wildman–Crippen LogP) is 6.82. The molecule has 29 heavy (non-hydrogen) atoms. The second kappa shape index (κ2) is 11.4. The number of carboxylic acid groups (broad SMARTS) is 1. The number of halogens is 3. The van der Waals surface area contributed by atoms with Gasteiger partial charge in [0.05, 0.1) is 29.5 Å². The van der Waals surface area contributed by atoms with E-state index >= 15 is 0 Å². The van der Waals surface area contributed by atoms with Gasteiger partial charge >= 0.3 is 5.97 Å². The molecule has 1 N–H and O–H groups in total. The molecule has 0 aliphatic rings. The summed E-state index contributed by atoms with van der Waals surface area (Å²) in [6, 6.07) is 14.5. The van der Waals surface area contributed by atoms with Gasteiger partial charge in [0.2, 0.25) is 0 Å². The summed E-state index contributed by atoms with van der Waals surface area (Å²) in [4.78, 5) is 13.9. The van der Waals surface area contributed by atoms with E-state index < -0.39 is 5.97 Å². The van der Waals surface area contributed by atoms with Gasteiger partial charge in [0.1, 0.15) is 16.5 Å². The van der Waals surface area contributed by atoms with Gasteiger partial charge in [0, 0.05) is 10.9 Å². The van der Waals surface area contributed by atoms with Crippen molar-refractivity contribution in [3.8, 4) is 10.6 Å². The van der Waals surface area contributed by atoms with Gasteiger partial charge in [-0.3, -0.25) is 0 Å². The van der Waals surface area contributed by atoms with Crippen LogP contribution >= 0.6 is 34.5 Å². The molecular weight excluding hydrogens is 436 g/mol. The highest BCUT2D eigenvalue weighted by Crippen LogP contribution is 2.32. The number of aliphatic carboxylic acids is 1. The number of nitrogens with zero attached hydrogens (tertiary/aromatic N) is 1. The Morgan fingerprint density at radius 3 is 2.48 bits per heavy atom. The molecule has 3 rings (SSSR count). The van der Waals surface area contributed by atoms with Gasteiger partial charge in [0.25, 0.3) is 0 Å². The summed E-state index contributed by atoms with van der Waals surface area (Å²) >= 11 is 13.3. The Balaban J connectivity index is 0.000000370. The summed E-state index contributed by atoms with van der Waals surface area (Å²) < 4.78 is 18.5. The third-order valence-corrected chi connectivity index (χ3v) is 4.99. The number of methoxy groups -OCH3 is 1. The molecule has 8 heteroatoms. The van der Waals surface area contributed by atoms with Crippen LogP contribution in [0.3, 0.4) is 0 Å². The highest BCUT2D eigenvalue weighted by Gasteiger charge is 2.10. The first kappa shape index (κ1) is 22.6. The number of aromatic nitrogens is 1. The lowest BCUT2D eigenvalue weighted by atomic mass is 10.2. The fourth-order valence-electron chi connectivity index (χ4n) is 2.04. The second-order valence-corrected chi connectivity index (χ2v) is 7.12. The van der Waals surface area contributed by atoms with Crippen LogP contribution in [-0.2, 0) is 9.53 Å². The largest absolute Gasteiger partial charge is 0.504 e. The number of rotatable bonds is 5. The first-order chi connectivity index (χ1) is 13.9. The van der Waals surface area contributed by atoms with Crippen molar-refractivity contribution in [2.24, 2.45) is 0 Å². The van der Waals surface area contributed by atoms with E-state index in [0.29, 0.717) is 20.7 Å². The highest BCUT2D eigenvalue weighted by molar-refractivity contribution is 7.13. The fourth-order valence-corrected chi connectivity index (χ4v) is 3.14. The Hall–Kier alpha value is -2.67. The molecule has 2 aromatic carbocycles. The van der Waals surface area contributed by atoms with Crippen molar-refractivity contribution in [2.45, 2.75) is 0 Å². The molecule has 4 nitrogen and oxygen atoms in total. The van der Waals surface area contributed by atoms with Crippen LogP contribution in [-0.4, -0.2) is 23.2 Å². The molecular formula is C21H16Cl2FNO3S. The van der Waals surface area contributed by atoms with E-state index in [0.717, 1.165) is 23.5 Å². The van der Waals surface area contributed by atoms with Gasteiger partial charge in [0.15, 0.2) is 0 Å². The summed E-state index contributed by atoms with van der Waals surface area (Å²) in [6.07, 6.45) is 3.48. The van der Waals surface area contributed by atoms with Crippen LogP contribution in [0.5, 0.6) is 0 Å². The third kappa shape index (κ3) is 7.34. The minimum Gasteiger partial charge on any atom is -0.504 e. The number of carboxylic acids is 1. The number of hydrogen-bond donors (Lipinski definition) is 1. The van der Waals surface area contributed by atoms with E-state index in [1.807, 2.05) is 36.4 Å². The first-order valence-corrected chi connectivity index (χ1v) is 9.80. The molecule has 0 radical (unpaired) electrons. The van der Waals surface area contributed by atoms with Gasteiger partial charge in [-0.05, 0) is 23.8 Å². The zero-order chi connectivity index (χ0) is 21.2. The van der Waals surface area contributed by atoms with Crippen molar-refractivity contribution >= 4 is 52.4 Å². The summed E-state index contributed by atoms with van der Waals surface area (Å²) in [6.45, 7) is 0. The average Bonchev–Trinajstić information content (AvgIpc) is 3.20. The zero-order valence-corrected chi connectivity index (χ0v) is 17.5. The standard InChI is InChI=1S/C17H10Cl2FNS.C4H6O3/c18-13-7-6-12(9-14(13)19)17-21-16(10-22-17)15(20)8-11-4-2-1-3-5-11;1-7-3-2-4(5)6/h1-10H;2-3H,1H3,(H,5,6). The van der Waals surface area contributed by atoms with Crippen molar-refractivity contribution < 1.29 is 19.0 Å². The third-order valence-electron chi connectivity index (χ3n) is 3.36. The van der Waals surface area contributed by atoms with E-state index in [4.69, 9.17) is 28.3 Å². The maximum atomic E-state index is 14.3. The predicted molar refractivity (Wildman–Crippen MR) is 117 cm³/mol. The number of carbonyl (C=O) groups is 1. The minimum atomic E-state index is -0.998. The monoisotopic (exact) mass is 451 g/mol. The SMILES string of the molecule is COC=CC(=O)O.FC(=Cc1ccccc1)c1csc(-c2ccc(Cl)c(Cl)c2)n1. The molecule has 0 fully saturated rings. The lowest BCUT2D eigenvalue weighted by Crippen LogP contribution is -1.85. The topological polar surface area (TPSA) is 59.4 Å². The summed E-state index contributed by atoms with van der Waals surface area (Å²) in [7, 11) is 1.39. The van der Waals surface area contributed by atoms with Crippen LogP contribution in [0.15, 0.2) is 66.2 Å². The van der Waals surface area contributed by atoms with E-state index in [2.05, 4.69) is 9.72 Å². The quantitative estimate of drug-likeness (QED) is 0.341. The molecule has 0 atom stereocenters. The Labute approximate surface area is 181 Å². The molecule has 0 spiro atoms. The van der Waals surface area contributed by atoms with Gasteiger partial charge in [-0.2, -0.15) is 0 Å². The van der Waals surface area contributed by atoms with Gasteiger partial charge in [-0.1, -0.05) is 59.6 Å². The average molecular weight is 452 g/mol. The van der Waals surface area contributed by atoms with Crippen LogP contribution in [0.1, 0.15) is 11.3 Å². The molecule has 0 bridgehead atoms. The summed E-state index contributed by atoms with van der Waals surface area (Å²) in [5, 5.41) is 11.2. The van der Waals surface area contributed by atoms with Crippen molar-refractivity contribution in [3.63, 3.8) is 0 Å². The van der Waals surface area contributed by atoms with Crippen LogP contribution in [0.4, 0.5) is 4.39 Å². The number of benzene rings is 2. The van der Waals surface area contributed by atoms with E-state index in [-0.39, 0.29) is 5.83 Å². The van der Waals surface area contributed by atoms with Crippen LogP contribution in [0, 0.1) is 0 Å². The first-order valence-electron chi connectivity index (χ1n) is 8.16. The lowest BCUT2D eigenvalue weighted by Gasteiger charge is -1.99. The van der Waals surface area contributed by atoms with Crippen molar-refractivity contribution in [1.29, 1.82) is 0 Å². The van der Waals surface area contributed by atoms with Gasteiger partial charge in [-0.15, -0.1) is 11.3 Å². The van der Waals surface area contributed by atoms with Gasteiger partial charge < -0.3 is 9.84 Å². The molecule has 150 valence electrons. The Morgan fingerprint density at radius 2 is 1.90 bits per heavy atom. The lowest BCUT2D eigenvalue weighted by molar-refractivity contribution is -0.131. The van der Waals surface area contributed by atoms with E-state index in [1.165, 1.54) is 24.5 Å². The zero-order valence-electron chi connectivity index (χ0n) is 15.2.